The van der Waals surface area contributed by atoms with Crippen molar-refractivity contribution in [2.24, 2.45) is 5.92 Å². The molecule has 0 fully saturated rings. The minimum absolute atomic E-state index is 0.0684. The molecular weight excluding hydrogens is 234 g/mol. The van der Waals surface area contributed by atoms with Gasteiger partial charge in [0.1, 0.15) is 0 Å². The minimum Gasteiger partial charge on any atom is -0.350 e. The third-order valence-corrected chi connectivity index (χ3v) is 2.92. The summed E-state index contributed by atoms with van der Waals surface area (Å²) >= 11 is 5.77. The van der Waals surface area contributed by atoms with Gasteiger partial charge in [0.15, 0.2) is 0 Å². The molecule has 92 valence electrons. The molecule has 1 aromatic rings. The zero-order valence-corrected chi connectivity index (χ0v) is 11.2. The van der Waals surface area contributed by atoms with E-state index in [1.165, 1.54) is 0 Å². The van der Waals surface area contributed by atoms with E-state index in [0.29, 0.717) is 10.9 Å². The normalized spacial score (nSPS) is 13.0. The zero-order valence-electron chi connectivity index (χ0n) is 10.4. The molecule has 1 rings (SSSR count). The van der Waals surface area contributed by atoms with E-state index in [1.54, 1.807) is 24.3 Å². The predicted octanol–water partition coefficient (Wildman–Crippen LogP) is 3.51. The van der Waals surface area contributed by atoms with E-state index in [0.717, 1.165) is 5.56 Å². The van der Waals surface area contributed by atoms with Crippen molar-refractivity contribution in [3.63, 3.8) is 0 Å². The van der Waals surface area contributed by atoms with E-state index in [4.69, 9.17) is 11.6 Å². The summed E-state index contributed by atoms with van der Waals surface area (Å²) in [6, 6.07) is 7.53. The summed E-state index contributed by atoms with van der Waals surface area (Å²) < 4.78 is 0. The third-order valence-electron chi connectivity index (χ3n) is 2.67. The van der Waals surface area contributed by atoms with E-state index in [-0.39, 0.29) is 11.9 Å². The topological polar surface area (TPSA) is 29.1 Å². The van der Waals surface area contributed by atoms with Crippen LogP contribution in [0.5, 0.6) is 0 Å². The van der Waals surface area contributed by atoms with Crippen molar-refractivity contribution >= 4 is 23.6 Å². The molecule has 0 bridgehead atoms. The van der Waals surface area contributed by atoms with Gasteiger partial charge in [0.05, 0.1) is 0 Å². The minimum atomic E-state index is -0.0684. The molecule has 0 aromatic heterocycles. The van der Waals surface area contributed by atoms with Crippen molar-refractivity contribution in [3.8, 4) is 0 Å². The number of carbonyl (C=O) groups excluding carboxylic acids is 1. The Hall–Kier alpha value is -1.28. The second kappa shape index (κ2) is 6.45. The molecule has 2 nitrogen and oxygen atoms in total. The van der Waals surface area contributed by atoms with Gasteiger partial charge in [-0.25, -0.2) is 0 Å². The number of benzene rings is 1. The maximum absolute atomic E-state index is 11.6. The van der Waals surface area contributed by atoms with Gasteiger partial charge < -0.3 is 5.32 Å². The summed E-state index contributed by atoms with van der Waals surface area (Å²) in [7, 11) is 0. The molecule has 0 saturated carbocycles. The van der Waals surface area contributed by atoms with Crippen molar-refractivity contribution in [2.45, 2.75) is 26.8 Å². The fourth-order valence-corrected chi connectivity index (χ4v) is 1.31. The molecule has 0 aliphatic rings. The molecule has 0 unspecified atom stereocenters. The van der Waals surface area contributed by atoms with Crippen LogP contribution in [0.1, 0.15) is 26.3 Å². The smallest absolute Gasteiger partial charge is 0.244 e. The van der Waals surface area contributed by atoms with E-state index >= 15 is 0 Å². The van der Waals surface area contributed by atoms with Crippen LogP contribution in [0.4, 0.5) is 0 Å². The molecule has 0 aliphatic carbocycles. The predicted molar refractivity (Wildman–Crippen MR) is 72.9 cm³/mol. The third kappa shape index (κ3) is 5.05. The van der Waals surface area contributed by atoms with Crippen LogP contribution in [0, 0.1) is 5.92 Å². The van der Waals surface area contributed by atoms with Crippen LogP contribution < -0.4 is 5.32 Å². The summed E-state index contributed by atoms with van der Waals surface area (Å²) in [5, 5.41) is 3.60. The first-order chi connectivity index (χ1) is 7.99. The lowest BCUT2D eigenvalue weighted by atomic mass is 10.1. The first kappa shape index (κ1) is 13.8. The first-order valence-corrected chi connectivity index (χ1v) is 6.11. The van der Waals surface area contributed by atoms with Gasteiger partial charge in [-0.3, -0.25) is 4.79 Å². The number of rotatable bonds is 4. The largest absolute Gasteiger partial charge is 0.350 e. The van der Waals surface area contributed by atoms with Gasteiger partial charge in [0.25, 0.3) is 0 Å². The summed E-state index contributed by atoms with van der Waals surface area (Å²) in [6.45, 7) is 6.15. The molecule has 1 amide bonds. The monoisotopic (exact) mass is 251 g/mol. The highest BCUT2D eigenvalue weighted by atomic mass is 35.5. The van der Waals surface area contributed by atoms with E-state index in [9.17, 15) is 4.79 Å². The number of hydrogen-bond acceptors (Lipinski definition) is 1. The molecule has 1 N–H and O–H groups in total. The molecule has 0 saturated heterocycles. The van der Waals surface area contributed by atoms with Gasteiger partial charge >= 0.3 is 0 Å². The lowest BCUT2D eigenvalue weighted by molar-refractivity contribution is -0.117. The highest BCUT2D eigenvalue weighted by Crippen LogP contribution is 2.10. The maximum atomic E-state index is 11.6. The first-order valence-electron chi connectivity index (χ1n) is 5.73. The second-order valence-electron chi connectivity index (χ2n) is 4.43. The van der Waals surface area contributed by atoms with Crippen LogP contribution >= 0.6 is 11.6 Å². The highest BCUT2D eigenvalue weighted by molar-refractivity contribution is 6.30. The molecular formula is C14H18ClNO. The Bertz CT molecular complexity index is 395. The van der Waals surface area contributed by atoms with Crippen molar-refractivity contribution < 1.29 is 4.79 Å². The summed E-state index contributed by atoms with van der Waals surface area (Å²) in [6.07, 6.45) is 3.32. The highest BCUT2D eigenvalue weighted by Gasteiger charge is 2.07. The number of hydrogen-bond donors (Lipinski definition) is 1. The molecule has 3 heteroatoms. The molecule has 0 radical (unpaired) electrons. The van der Waals surface area contributed by atoms with Gasteiger partial charge in [-0.1, -0.05) is 37.6 Å². The molecule has 0 spiro atoms. The lowest BCUT2D eigenvalue weighted by Gasteiger charge is -2.15. The van der Waals surface area contributed by atoms with Gasteiger partial charge in [-0.15, -0.1) is 0 Å². The Morgan fingerprint density at radius 3 is 2.35 bits per heavy atom. The number of halogens is 1. The number of amides is 1. The van der Waals surface area contributed by atoms with Crippen LogP contribution in [0.2, 0.25) is 5.02 Å². The van der Waals surface area contributed by atoms with Crippen LogP contribution in [0.15, 0.2) is 30.3 Å². The Morgan fingerprint density at radius 2 is 1.82 bits per heavy atom. The van der Waals surface area contributed by atoms with Crippen LogP contribution in [-0.4, -0.2) is 11.9 Å². The van der Waals surface area contributed by atoms with Crippen molar-refractivity contribution in [1.29, 1.82) is 0 Å². The summed E-state index contributed by atoms with van der Waals surface area (Å²) in [5.41, 5.74) is 0.960. The lowest BCUT2D eigenvalue weighted by Crippen LogP contribution is -2.34. The van der Waals surface area contributed by atoms with E-state index in [2.05, 4.69) is 19.2 Å². The molecule has 0 aliphatic heterocycles. The van der Waals surface area contributed by atoms with Crippen molar-refractivity contribution in [3.05, 3.63) is 40.9 Å². The zero-order chi connectivity index (χ0) is 12.8. The standard InChI is InChI=1S/C14H18ClNO/c1-10(2)11(3)16-14(17)9-6-12-4-7-13(15)8-5-12/h4-11H,1-3H3,(H,16,17)/b9-6+/t11-/m0/s1. The van der Waals surface area contributed by atoms with Crippen molar-refractivity contribution in [1.82, 2.24) is 5.32 Å². The van der Waals surface area contributed by atoms with Gasteiger partial charge in [-0.05, 0) is 36.6 Å². The van der Waals surface area contributed by atoms with Gasteiger partial charge in [-0.2, -0.15) is 0 Å². The molecule has 17 heavy (non-hydrogen) atoms. The van der Waals surface area contributed by atoms with E-state index in [1.807, 2.05) is 19.1 Å². The fourth-order valence-electron chi connectivity index (χ4n) is 1.18. The fraction of sp³-hybridized carbons (Fsp3) is 0.357. The average Bonchev–Trinajstić information content (AvgIpc) is 2.28. The van der Waals surface area contributed by atoms with Gasteiger partial charge in [0.2, 0.25) is 5.91 Å². The Kier molecular flexibility index (Phi) is 5.23. The SMILES string of the molecule is CC(C)[C@H](C)NC(=O)/C=C/c1ccc(Cl)cc1. The molecule has 1 aromatic carbocycles. The number of carbonyl (C=O) groups is 1. The van der Waals surface area contributed by atoms with Gasteiger partial charge in [0, 0.05) is 17.1 Å². The molecule has 1 atom stereocenters. The summed E-state index contributed by atoms with van der Waals surface area (Å²) in [4.78, 5) is 11.6. The summed E-state index contributed by atoms with van der Waals surface area (Å²) in [5.74, 6) is 0.365. The Balaban J connectivity index is 2.53. The van der Waals surface area contributed by atoms with E-state index < -0.39 is 0 Å². The van der Waals surface area contributed by atoms with Crippen LogP contribution in [-0.2, 0) is 4.79 Å². The average molecular weight is 252 g/mol. The van der Waals surface area contributed by atoms with Crippen LogP contribution in [0.3, 0.4) is 0 Å². The maximum Gasteiger partial charge on any atom is 0.244 e. The van der Waals surface area contributed by atoms with Crippen molar-refractivity contribution in [2.75, 3.05) is 0 Å². The number of nitrogens with one attached hydrogen (secondary N) is 1. The Morgan fingerprint density at radius 1 is 1.24 bits per heavy atom. The van der Waals surface area contributed by atoms with Crippen LogP contribution in [0.25, 0.3) is 6.08 Å². The second-order valence-corrected chi connectivity index (χ2v) is 4.86. The molecule has 0 heterocycles. The quantitative estimate of drug-likeness (QED) is 0.816. The Labute approximate surface area is 108 Å².